The molecule has 2 unspecified atom stereocenters. The summed E-state index contributed by atoms with van der Waals surface area (Å²) in [7, 11) is 0. The number of rotatable bonds is 5. The highest BCUT2D eigenvalue weighted by Gasteiger charge is 2.26. The van der Waals surface area contributed by atoms with E-state index in [0.717, 1.165) is 11.8 Å². The van der Waals surface area contributed by atoms with Crippen LogP contribution in [0.1, 0.15) is 29.8 Å². The van der Waals surface area contributed by atoms with Gasteiger partial charge in [-0.1, -0.05) is 11.8 Å². The fourth-order valence-corrected chi connectivity index (χ4v) is 2.18. The van der Waals surface area contributed by atoms with E-state index >= 15 is 0 Å². The molecule has 0 amide bonds. The Hall–Kier alpha value is -1.15. The summed E-state index contributed by atoms with van der Waals surface area (Å²) in [6.07, 6.45) is -1.29. The number of aromatic nitrogens is 1. The monoisotopic (exact) mass is 287 g/mol. The largest absolute Gasteiger partial charge is 0.506 e. The van der Waals surface area contributed by atoms with Crippen molar-refractivity contribution in [2.24, 2.45) is 0 Å². The van der Waals surface area contributed by atoms with Crippen LogP contribution in [0, 0.1) is 6.92 Å². The van der Waals surface area contributed by atoms with E-state index in [1.54, 1.807) is 6.92 Å². The maximum Gasteiger partial charge on any atom is 0.185 e. The number of hydrogen-bond acceptors (Lipinski definition) is 7. The second-order valence-electron chi connectivity index (χ2n) is 4.10. The van der Waals surface area contributed by atoms with Crippen LogP contribution in [0.4, 0.5) is 0 Å². The number of thioether (sulfide) groups is 1. The summed E-state index contributed by atoms with van der Waals surface area (Å²) in [5.41, 5.74) is 0.576. The van der Waals surface area contributed by atoms with E-state index in [9.17, 15) is 25.2 Å². The van der Waals surface area contributed by atoms with E-state index in [0.29, 0.717) is 0 Å². The molecular formula is C12H17NO5S. The molecule has 106 valence electrons. The zero-order chi connectivity index (χ0) is 14.6. The van der Waals surface area contributed by atoms with E-state index in [2.05, 4.69) is 4.98 Å². The van der Waals surface area contributed by atoms with Crippen LogP contribution in [0.5, 0.6) is 5.75 Å². The Balaban J connectivity index is 3.00. The van der Waals surface area contributed by atoms with Crippen molar-refractivity contribution < 1.29 is 25.2 Å². The number of aliphatic hydroxyl groups excluding tert-OH is 3. The summed E-state index contributed by atoms with van der Waals surface area (Å²) >= 11 is 0.877. The lowest BCUT2D eigenvalue weighted by Crippen LogP contribution is -2.23. The van der Waals surface area contributed by atoms with Gasteiger partial charge in [-0.2, -0.15) is 0 Å². The van der Waals surface area contributed by atoms with Gasteiger partial charge in [0, 0.05) is 30.0 Å². The SMILES string of the molecule is CC(=O)SCC(O)C(O)c1c(CO)cnc(C)c1O. The van der Waals surface area contributed by atoms with E-state index in [-0.39, 0.29) is 33.4 Å². The van der Waals surface area contributed by atoms with Crippen LogP contribution in [-0.4, -0.2) is 42.4 Å². The molecule has 7 heteroatoms. The number of pyridine rings is 1. The number of carbonyl (C=O) groups excluding carboxylic acids is 1. The normalized spacial score (nSPS) is 14.2. The second-order valence-corrected chi connectivity index (χ2v) is 5.30. The summed E-state index contributed by atoms with van der Waals surface area (Å²) in [4.78, 5) is 14.7. The highest BCUT2D eigenvalue weighted by molar-refractivity contribution is 8.13. The first-order chi connectivity index (χ1) is 8.88. The van der Waals surface area contributed by atoms with Crippen molar-refractivity contribution >= 4 is 16.9 Å². The van der Waals surface area contributed by atoms with Gasteiger partial charge in [-0.05, 0) is 6.92 Å². The summed E-state index contributed by atoms with van der Waals surface area (Å²) in [6.45, 7) is 2.49. The molecule has 0 aliphatic carbocycles. The van der Waals surface area contributed by atoms with Gasteiger partial charge in [-0.3, -0.25) is 9.78 Å². The van der Waals surface area contributed by atoms with E-state index in [1.807, 2.05) is 0 Å². The molecule has 0 saturated heterocycles. The maximum absolute atomic E-state index is 10.8. The standard InChI is InChI=1S/C12H17NO5S/c1-6-11(17)10(8(4-14)3-13-6)12(18)9(16)5-19-7(2)15/h3,9,12,14,16-18H,4-5H2,1-2H3. The van der Waals surface area contributed by atoms with Crippen LogP contribution in [-0.2, 0) is 11.4 Å². The smallest absolute Gasteiger partial charge is 0.185 e. The van der Waals surface area contributed by atoms with Crippen molar-refractivity contribution in [3.05, 3.63) is 23.0 Å². The highest BCUT2D eigenvalue weighted by atomic mass is 32.2. The van der Waals surface area contributed by atoms with Gasteiger partial charge in [-0.25, -0.2) is 0 Å². The number of carbonyl (C=O) groups is 1. The van der Waals surface area contributed by atoms with Crippen LogP contribution in [0.2, 0.25) is 0 Å². The Bertz CT molecular complexity index is 466. The molecule has 0 aliphatic heterocycles. The van der Waals surface area contributed by atoms with Crippen molar-refractivity contribution in [2.75, 3.05) is 5.75 Å². The fraction of sp³-hybridized carbons (Fsp3) is 0.500. The third-order valence-electron chi connectivity index (χ3n) is 2.65. The molecule has 4 N–H and O–H groups in total. The molecule has 0 bridgehead atoms. The molecule has 6 nitrogen and oxygen atoms in total. The van der Waals surface area contributed by atoms with Gasteiger partial charge in [0.25, 0.3) is 0 Å². The Kier molecular flexibility index (Phi) is 5.74. The van der Waals surface area contributed by atoms with Crippen LogP contribution >= 0.6 is 11.8 Å². The third kappa shape index (κ3) is 3.90. The molecule has 1 rings (SSSR count). The summed E-state index contributed by atoms with van der Waals surface area (Å²) in [5, 5.41) is 38.8. The molecule has 0 saturated carbocycles. The van der Waals surface area contributed by atoms with Crippen LogP contribution < -0.4 is 0 Å². The van der Waals surface area contributed by atoms with Crippen molar-refractivity contribution in [3.8, 4) is 5.75 Å². The Morgan fingerprint density at radius 2 is 2.11 bits per heavy atom. The minimum atomic E-state index is -1.39. The van der Waals surface area contributed by atoms with Crippen molar-refractivity contribution in [1.82, 2.24) is 4.98 Å². The minimum Gasteiger partial charge on any atom is -0.506 e. The quantitative estimate of drug-likeness (QED) is 0.615. The second kappa shape index (κ2) is 6.85. The maximum atomic E-state index is 10.8. The molecule has 0 spiro atoms. The average molecular weight is 287 g/mol. The lowest BCUT2D eigenvalue weighted by Gasteiger charge is -2.21. The van der Waals surface area contributed by atoms with Gasteiger partial charge in [0.1, 0.15) is 11.9 Å². The zero-order valence-corrected chi connectivity index (χ0v) is 11.5. The van der Waals surface area contributed by atoms with E-state index in [4.69, 9.17) is 0 Å². The van der Waals surface area contributed by atoms with Gasteiger partial charge < -0.3 is 20.4 Å². The van der Waals surface area contributed by atoms with Crippen molar-refractivity contribution in [2.45, 2.75) is 32.7 Å². The molecule has 0 radical (unpaired) electrons. The molecular weight excluding hydrogens is 270 g/mol. The van der Waals surface area contributed by atoms with Gasteiger partial charge in [-0.15, -0.1) is 0 Å². The number of aliphatic hydroxyl groups is 3. The summed E-state index contributed by atoms with van der Waals surface area (Å²) in [5.74, 6) is -0.256. The number of hydrogen-bond donors (Lipinski definition) is 4. The van der Waals surface area contributed by atoms with Crippen LogP contribution in [0.25, 0.3) is 0 Å². The molecule has 1 heterocycles. The lowest BCUT2D eigenvalue weighted by atomic mass is 9.99. The molecule has 1 aromatic rings. The van der Waals surface area contributed by atoms with Gasteiger partial charge in [0.05, 0.1) is 18.4 Å². The lowest BCUT2D eigenvalue weighted by molar-refractivity contribution is -0.109. The van der Waals surface area contributed by atoms with Crippen LogP contribution in [0.3, 0.4) is 0 Å². The number of aromatic hydroxyl groups is 1. The van der Waals surface area contributed by atoms with Crippen LogP contribution in [0.15, 0.2) is 6.20 Å². The molecule has 19 heavy (non-hydrogen) atoms. The fourth-order valence-electron chi connectivity index (χ4n) is 1.59. The molecule has 0 fully saturated rings. The van der Waals surface area contributed by atoms with E-state index in [1.165, 1.54) is 13.1 Å². The average Bonchev–Trinajstić information content (AvgIpc) is 2.38. The third-order valence-corrected chi connectivity index (χ3v) is 3.56. The zero-order valence-electron chi connectivity index (χ0n) is 10.7. The molecule has 2 atom stereocenters. The molecule has 0 aliphatic rings. The predicted octanol–water partition coefficient (Wildman–Crippen LogP) is 0.262. The van der Waals surface area contributed by atoms with Gasteiger partial charge in [0.15, 0.2) is 5.12 Å². The highest BCUT2D eigenvalue weighted by Crippen LogP contribution is 2.32. The number of nitrogens with zero attached hydrogens (tertiary/aromatic N) is 1. The molecule has 0 aromatic carbocycles. The summed E-state index contributed by atoms with van der Waals surface area (Å²) in [6, 6.07) is 0. The minimum absolute atomic E-state index is 0.00216. The first-order valence-corrected chi connectivity index (χ1v) is 6.64. The topological polar surface area (TPSA) is 111 Å². The van der Waals surface area contributed by atoms with Gasteiger partial charge >= 0.3 is 0 Å². The Morgan fingerprint density at radius 3 is 2.63 bits per heavy atom. The Morgan fingerprint density at radius 1 is 1.47 bits per heavy atom. The molecule has 1 aromatic heterocycles. The summed E-state index contributed by atoms with van der Waals surface area (Å²) < 4.78 is 0. The number of aryl methyl sites for hydroxylation is 1. The Labute approximate surface area is 115 Å². The predicted molar refractivity (Wildman–Crippen MR) is 70.7 cm³/mol. The first-order valence-electron chi connectivity index (χ1n) is 5.66. The van der Waals surface area contributed by atoms with Gasteiger partial charge in [0.2, 0.25) is 0 Å². The first kappa shape index (κ1) is 15.9. The van der Waals surface area contributed by atoms with Crippen molar-refractivity contribution in [3.63, 3.8) is 0 Å². The van der Waals surface area contributed by atoms with E-state index < -0.39 is 18.8 Å². The van der Waals surface area contributed by atoms with Crippen molar-refractivity contribution in [1.29, 1.82) is 0 Å².